The Labute approximate surface area is 82.5 Å². The third-order valence-corrected chi connectivity index (χ3v) is 3.35. The highest BCUT2D eigenvalue weighted by Crippen LogP contribution is 2.31. The molecule has 1 amide bonds. The molecule has 2 heterocycles. The van der Waals surface area contributed by atoms with Crippen LogP contribution in [0.2, 0.25) is 0 Å². The molecule has 0 radical (unpaired) electrons. The molecule has 0 bridgehead atoms. The number of nitrogens with zero attached hydrogens (tertiary/aromatic N) is 2. The summed E-state index contributed by atoms with van der Waals surface area (Å²) in [4.78, 5) is 17.2. The first-order valence-electron chi connectivity index (χ1n) is 3.68. The molecule has 1 aromatic heterocycles. The number of rotatable bonds is 1. The van der Waals surface area contributed by atoms with Crippen LogP contribution in [-0.4, -0.2) is 17.4 Å². The number of hydrogen-bond acceptors (Lipinski definition) is 3. The van der Waals surface area contributed by atoms with Gasteiger partial charge in [-0.1, -0.05) is 0 Å². The van der Waals surface area contributed by atoms with Crippen LogP contribution in [0.1, 0.15) is 12.8 Å². The number of hydrogen-bond donors (Lipinski definition) is 0. The van der Waals surface area contributed by atoms with Gasteiger partial charge in [0.1, 0.15) is 3.79 Å². The van der Waals surface area contributed by atoms with Crippen LogP contribution in [0.15, 0.2) is 9.30 Å². The monoisotopic (exact) mass is 246 g/mol. The minimum atomic E-state index is 0.182. The van der Waals surface area contributed by atoms with Gasteiger partial charge in [-0.05, 0) is 22.4 Å². The minimum Gasteiger partial charge on any atom is -0.295 e. The highest BCUT2D eigenvalue weighted by Gasteiger charge is 2.24. The summed E-state index contributed by atoms with van der Waals surface area (Å²) in [6.45, 7) is 0.807. The van der Waals surface area contributed by atoms with Gasteiger partial charge in [-0.3, -0.25) is 9.69 Å². The van der Waals surface area contributed by atoms with Crippen molar-refractivity contribution in [3.8, 4) is 0 Å². The number of anilines is 1. The summed E-state index contributed by atoms with van der Waals surface area (Å²) in [6.07, 6.45) is 1.60. The average molecular weight is 247 g/mol. The van der Waals surface area contributed by atoms with Crippen molar-refractivity contribution in [2.75, 3.05) is 11.4 Å². The van der Waals surface area contributed by atoms with Crippen molar-refractivity contribution < 1.29 is 4.79 Å². The molecule has 12 heavy (non-hydrogen) atoms. The Morgan fingerprint density at radius 1 is 1.67 bits per heavy atom. The molecule has 0 unspecified atom stereocenters. The normalized spacial score (nSPS) is 17.4. The zero-order valence-electron chi connectivity index (χ0n) is 6.29. The van der Waals surface area contributed by atoms with Gasteiger partial charge in [0.25, 0.3) is 0 Å². The van der Waals surface area contributed by atoms with Gasteiger partial charge in [-0.15, -0.1) is 11.3 Å². The maximum atomic E-state index is 11.3. The lowest BCUT2D eigenvalue weighted by atomic mass is 10.4. The highest BCUT2D eigenvalue weighted by molar-refractivity contribution is 9.11. The third kappa shape index (κ3) is 1.27. The predicted molar refractivity (Wildman–Crippen MR) is 51.4 cm³/mol. The molecule has 0 atom stereocenters. The van der Waals surface area contributed by atoms with Gasteiger partial charge in [0.05, 0.1) is 5.51 Å². The van der Waals surface area contributed by atoms with E-state index in [1.165, 1.54) is 11.3 Å². The molecule has 1 saturated heterocycles. The molecule has 0 aromatic carbocycles. The van der Waals surface area contributed by atoms with Crippen molar-refractivity contribution in [3.05, 3.63) is 9.30 Å². The third-order valence-electron chi connectivity index (χ3n) is 1.84. The van der Waals surface area contributed by atoms with E-state index in [1.807, 2.05) is 0 Å². The minimum absolute atomic E-state index is 0.182. The lowest BCUT2D eigenvalue weighted by Gasteiger charge is -2.11. The summed E-state index contributed by atoms with van der Waals surface area (Å²) < 4.78 is 0.942. The van der Waals surface area contributed by atoms with Crippen LogP contribution >= 0.6 is 27.3 Å². The second-order valence-corrected chi connectivity index (χ2v) is 4.77. The van der Waals surface area contributed by atoms with Crippen LogP contribution in [0.25, 0.3) is 0 Å². The molecule has 3 nitrogen and oxygen atoms in total. The van der Waals surface area contributed by atoms with Crippen molar-refractivity contribution in [2.45, 2.75) is 12.8 Å². The fraction of sp³-hybridized carbons (Fsp3) is 0.429. The summed E-state index contributed by atoms with van der Waals surface area (Å²) in [5.41, 5.74) is 1.74. The second-order valence-electron chi connectivity index (χ2n) is 2.60. The Hall–Kier alpha value is -0.420. The standard InChI is InChI=1S/C7H7BrN2OS/c8-6-7(9-4-12-6)10-3-1-2-5(10)11/h4H,1-3H2. The maximum Gasteiger partial charge on any atom is 0.228 e. The van der Waals surface area contributed by atoms with Crippen molar-refractivity contribution in [1.82, 2.24) is 4.98 Å². The van der Waals surface area contributed by atoms with Gasteiger partial charge in [0, 0.05) is 13.0 Å². The van der Waals surface area contributed by atoms with E-state index in [2.05, 4.69) is 20.9 Å². The summed E-state index contributed by atoms with van der Waals surface area (Å²) in [5, 5.41) is 0. The van der Waals surface area contributed by atoms with E-state index in [-0.39, 0.29) is 5.91 Å². The SMILES string of the molecule is O=C1CCCN1c1ncsc1Br. The number of halogens is 1. The molecule has 2 rings (SSSR count). The maximum absolute atomic E-state index is 11.3. The first kappa shape index (κ1) is 8.19. The Morgan fingerprint density at radius 2 is 2.50 bits per heavy atom. The quantitative estimate of drug-likeness (QED) is 0.760. The smallest absolute Gasteiger partial charge is 0.228 e. The van der Waals surface area contributed by atoms with E-state index >= 15 is 0 Å². The fourth-order valence-electron chi connectivity index (χ4n) is 1.27. The van der Waals surface area contributed by atoms with Crippen molar-refractivity contribution in [1.29, 1.82) is 0 Å². The lowest BCUT2D eigenvalue weighted by Crippen LogP contribution is -2.24. The summed E-state index contributed by atoms with van der Waals surface area (Å²) in [7, 11) is 0. The van der Waals surface area contributed by atoms with Crippen LogP contribution in [-0.2, 0) is 4.79 Å². The Morgan fingerprint density at radius 3 is 3.00 bits per heavy atom. The Bertz CT molecular complexity index is 312. The molecule has 0 N–H and O–H groups in total. The molecule has 64 valence electrons. The molecule has 0 spiro atoms. The topological polar surface area (TPSA) is 33.2 Å². The molecule has 1 aliphatic heterocycles. The van der Waals surface area contributed by atoms with Crippen LogP contribution in [0.5, 0.6) is 0 Å². The number of amides is 1. The summed E-state index contributed by atoms with van der Waals surface area (Å²) in [5.74, 6) is 0.962. The molecule has 0 aliphatic carbocycles. The van der Waals surface area contributed by atoms with Gasteiger partial charge in [0.2, 0.25) is 5.91 Å². The zero-order valence-corrected chi connectivity index (χ0v) is 8.69. The van der Waals surface area contributed by atoms with E-state index in [1.54, 1.807) is 10.4 Å². The molecule has 0 saturated carbocycles. The number of carbonyl (C=O) groups excluding carboxylic acids is 1. The van der Waals surface area contributed by atoms with Gasteiger partial charge >= 0.3 is 0 Å². The Balaban J connectivity index is 2.30. The second kappa shape index (κ2) is 3.14. The van der Waals surface area contributed by atoms with E-state index < -0.39 is 0 Å². The Kier molecular flexibility index (Phi) is 2.14. The zero-order chi connectivity index (χ0) is 8.55. The van der Waals surface area contributed by atoms with E-state index in [0.29, 0.717) is 6.42 Å². The van der Waals surface area contributed by atoms with Crippen LogP contribution in [0.4, 0.5) is 5.82 Å². The van der Waals surface area contributed by atoms with Crippen LogP contribution in [0, 0.1) is 0 Å². The van der Waals surface area contributed by atoms with Gasteiger partial charge in [-0.25, -0.2) is 4.98 Å². The van der Waals surface area contributed by atoms with E-state index in [4.69, 9.17) is 0 Å². The van der Waals surface area contributed by atoms with Crippen LogP contribution < -0.4 is 4.90 Å². The first-order chi connectivity index (χ1) is 5.79. The number of carbonyl (C=O) groups is 1. The molecular formula is C7H7BrN2OS. The largest absolute Gasteiger partial charge is 0.295 e. The van der Waals surface area contributed by atoms with Gasteiger partial charge in [-0.2, -0.15) is 0 Å². The first-order valence-corrected chi connectivity index (χ1v) is 5.35. The van der Waals surface area contributed by atoms with Gasteiger partial charge in [0.15, 0.2) is 5.82 Å². The molecule has 5 heteroatoms. The molecule has 1 fully saturated rings. The van der Waals surface area contributed by atoms with E-state index in [9.17, 15) is 4.79 Å². The van der Waals surface area contributed by atoms with Crippen molar-refractivity contribution >= 4 is 39.0 Å². The molecule has 1 aromatic rings. The van der Waals surface area contributed by atoms with Crippen LogP contribution in [0.3, 0.4) is 0 Å². The summed E-state index contributed by atoms with van der Waals surface area (Å²) in [6, 6.07) is 0. The lowest BCUT2D eigenvalue weighted by molar-refractivity contribution is -0.117. The van der Waals surface area contributed by atoms with E-state index in [0.717, 1.165) is 22.6 Å². The summed E-state index contributed by atoms with van der Waals surface area (Å²) >= 11 is 4.87. The fourth-order valence-corrected chi connectivity index (χ4v) is 2.35. The molecular weight excluding hydrogens is 240 g/mol. The van der Waals surface area contributed by atoms with Crippen molar-refractivity contribution in [2.24, 2.45) is 0 Å². The number of aromatic nitrogens is 1. The highest BCUT2D eigenvalue weighted by atomic mass is 79.9. The molecule has 1 aliphatic rings. The van der Waals surface area contributed by atoms with Crippen molar-refractivity contribution in [3.63, 3.8) is 0 Å². The predicted octanol–water partition coefficient (Wildman–Crippen LogP) is 2.03. The average Bonchev–Trinajstić information content (AvgIpc) is 2.59. The number of thiazole rings is 1. The van der Waals surface area contributed by atoms with Gasteiger partial charge < -0.3 is 0 Å².